The smallest absolute Gasteiger partial charge is 0.164 e. The topological polar surface area (TPSA) is 62.5 Å². The highest BCUT2D eigenvalue weighted by Gasteiger charge is 2.22. The molecule has 3 aromatic rings. The highest BCUT2D eigenvalue weighted by atomic mass is 15.1. The minimum absolute atomic E-state index is 0.662. The molecule has 0 saturated heterocycles. The second-order valence-electron chi connectivity index (χ2n) is 6.88. The summed E-state index contributed by atoms with van der Waals surface area (Å²) in [7, 11) is 0. The Morgan fingerprint density at radius 1 is 0.778 bits per heavy atom. The van der Waals surface area contributed by atoms with Crippen LogP contribution in [0.15, 0.2) is 58.5 Å². The van der Waals surface area contributed by atoms with Gasteiger partial charge in [-0.1, -0.05) is 24.3 Å². The number of benzene rings is 1. The first-order valence-electron chi connectivity index (χ1n) is 8.93. The molecule has 0 fully saturated rings. The number of aliphatic imine (C=N–C) groups is 2. The highest BCUT2D eigenvalue weighted by Crippen LogP contribution is 2.24. The van der Waals surface area contributed by atoms with Gasteiger partial charge in [-0.15, -0.1) is 0 Å². The van der Waals surface area contributed by atoms with Crippen molar-refractivity contribution >= 4 is 23.3 Å². The molecule has 0 atom stereocenters. The number of aryl methyl sites for hydroxylation is 4. The molecule has 1 aliphatic heterocycles. The van der Waals surface area contributed by atoms with E-state index in [9.17, 15) is 0 Å². The first kappa shape index (κ1) is 17.1. The predicted octanol–water partition coefficient (Wildman–Crippen LogP) is 4.66. The Labute approximate surface area is 159 Å². The molecule has 3 heterocycles. The summed E-state index contributed by atoms with van der Waals surface area (Å²) in [4.78, 5) is 18.5. The van der Waals surface area contributed by atoms with Crippen molar-refractivity contribution in [1.82, 2.24) is 9.97 Å². The lowest BCUT2D eigenvalue weighted by Gasteiger charge is -2.08. The molecule has 5 nitrogen and oxygen atoms in total. The molecule has 0 spiro atoms. The Morgan fingerprint density at radius 3 is 2.15 bits per heavy atom. The Bertz CT molecular complexity index is 1060. The molecule has 2 aromatic heterocycles. The van der Waals surface area contributed by atoms with Crippen molar-refractivity contribution in [3.63, 3.8) is 0 Å². The van der Waals surface area contributed by atoms with E-state index in [2.05, 4.69) is 22.2 Å². The van der Waals surface area contributed by atoms with Crippen LogP contribution in [-0.4, -0.2) is 21.6 Å². The second kappa shape index (κ2) is 6.76. The molecule has 0 unspecified atom stereocenters. The summed E-state index contributed by atoms with van der Waals surface area (Å²) in [5, 5.41) is 3.35. The normalized spacial score (nSPS) is 14.2. The minimum Gasteiger partial charge on any atom is -0.324 e. The summed E-state index contributed by atoms with van der Waals surface area (Å²) in [6.45, 7) is 8.06. The fourth-order valence-electron chi connectivity index (χ4n) is 3.30. The van der Waals surface area contributed by atoms with Crippen LogP contribution in [-0.2, 0) is 0 Å². The summed E-state index contributed by atoms with van der Waals surface area (Å²) in [5.41, 5.74) is 6.21. The quantitative estimate of drug-likeness (QED) is 0.727. The van der Waals surface area contributed by atoms with Crippen molar-refractivity contribution in [2.75, 3.05) is 5.32 Å². The van der Waals surface area contributed by atoms with Crippen LogP contribution < -0.4 is 5.32 Å². The van der Waals surface area contributed by atoms with E-state index in [4.69, 9.17) is 9.98 Å². The van der Waals surface area contributed by atoms with Gasteiger partial charge in [0.15, 0.2) is 11.7 Å². The van der Waals surface area contributed by atoms with E-state index in [1.807, 2.05) is 69.3 Å². The molecule has 134 valence electrons. The number of hydrogen-bond acceptors (Lipinski definition) is 4. The zero-order chi connectivity index (χ0) is 19.0. The Hall–Kier alpha value is -3.34. The van der Waals surface area contributed by atoms with Gasteiger partial charge < -0.3 is 5.32 Å². The minimum atomic E-state index is 0.662. The molecule has 0 aliphatic carbocycles. The number of anilines is 1. The fraction of sp³-hybridized carbons (Fsp3) is 0.182. The summed E-state index contributed by atoms with van der Waals surface area (Å²) < 4.78 is 0. The molecule has 1 aromatic carbocycles. The number of rotatable bonds is 2. The van der Waals surface area contributed by atoms with Crippen molar-refractivity contribution in [2.24, 2.45) is 9.98 Å². The first-order chi connectivity index (χ1) is 13.0. The molecular formula is C22H21N5. The lowest BCUT2D eigenvalue weighted by molar-refractivity contribution is 1.15. The van der Waals surface area contributed by atoms with Gasteiger partial charge in [0, 0.05) is 22.5 Å². The van der Waals surface area contributed by atoms with Crippen LogP contribution in [0.4, 0.5) is 11.6 Å². The first-order valence-corrected chi connectivity index (χ1v) is 8.93. The molecule has 0 radical (unpaired) electrons. The highest BCUT2D eigenvalue weighted by molar-refractivity contribution is 6.26. The van der Waals surface area contributed by atoms with Crippen LogP contribution in [0.1, 0.15) is 33.6 Å². The van der Waals surface area contributed by atoms with E-state index < -0.39 is 0 Å². The summed E-state index contributed by atoms with van der Waals surface area (Å²) in [5.74, 6) is 2.87. The third-order valence-electron chi connectivity index (χ3n) is 4.29. The van der Waals surface area contributed by atoms with Crippen LogP contribution in [0.2, 0.25) is 0 Å². The molecule has 27 heavy (non-hydrogen) atoms. The Balaban J connectivity index is 1.76. The molecule has 1 aliphatic rings. The maximum Gasteiger partial charge on any atom is 0.164 e. The van der Waals surface area contributed by atoms with E-state index in [0.29, 0.717) is 11.7 Å². The maximum atomic E-state index is 4.74. The number of nitrogens with zero attached hydrogens (tertiary/aromatic N) is 4. The second-order valence-corrected chi connectivity index (χ2v) is 6.88. The van der Waals surface area contributed by atoms with E-state index in [0.717, 1.165) is 45.3 Å². The van der Waals surface area contributed by atoms with Gasteiger partial charge in [-0.2, -0.15) is 0 Å². The predicted molar refractivity (Wildman–Crippen MR) is 110 cm³/mol. The zero-order valence-corrected chi connectivity index (χ0v) is 15.9. The van der Waals surface area contributed by atoms with Crippen LogP contribution in [0, 0.1) is 27.7 Å². The lowest BCUT2D eigenvalue weighted by Crippen LogP contribution is -2.13. The van der Waals surface area contributed by atoms with E-state index in [-0.39, 0.29) is 0 Å². The third-order valence-corrected chi connectivity index (χ3v) is 4.29. The van der Waals surface area contributed by atoms with Crippen LogP contribution in [0.5, 0.6) is 0 Å². The molecule has 0 amide bonds. The average molecular weight is 355 g/mol. The molecule has 1 N–H and O–H groups in total. The fourth-order valence-corrected chi connectivity index (χ4v) is 3.30. The Kier molecular flexibility index (Phi) is 4.28. The molecule has 5 heteroatoms. The van der Waals surface area contributed by atoms with Crippen LogP contribution in [0.3, 0.4) is 0 Å². The SMILES string of the molecule is Cc1cc(C)nc(/N=C2/N=C(Nc3cc(C)cc(C)n3)c3ccccc32)c1. The number of amidine groups is 2. The van der Waals surface area contributed by atoms with Crippen LogP contribution in [0.25, 0.3) is 0 Å². The zero-order valence-electron chi connectivity index (χ0n) is 15.9. The summed E-state index contributed by atoms with van der Waals surface area (Å²) >= 11 is 0. The van der Waals surface area contributed by atoms with Crippen molar-refractivity contribution < 1.29 is 0 Å². The number of fused-ring (bicyclic) bond motifs is 1. The van der Waals surface area contributed by atoms with Gasteiger partial charge in [0.25, 0.3) is 0 Å². The number of nitrogens with one attached hydrogen (secondary N) is 1. The van der Waals surface area contributed by atoms with Gasteiger partial charge in [0.1, 0.15) is 11.7 Å². The Morgan fingerprint density at radius 2 is 1.44 bits per heavy atom. The molecular weight excluding hydrogens is 334 g/mol. The summed E-state index contributed by atoms with van der Waals surface area (Å²) in [6.07, 6.45) is 0. The average Bonchev–Trinajstić information content (AvgIpc) is 2.91. The van der Waals surface area contributed by atoms with E-state index >= 15 is 0 Å². The molecule has 0 bridgehead atoms. The van der Waals surface area contributed by atoms with E-state index in [1.54, 1.807) is 0 Å². The number of aromatic nitrogens is 2. The monoisotopic (exact) mass is 355 g/mol. The van der Waals surface area contributed by atoms with Crippen molar-refractivity contribution in [1.29, 1.82) is 0 Å². The van der Waals surface area contributed by atoms with E-state index in [1.165, 1.54) is 0 Å². The standard InChI is InChI=1S/C22H21N5/c1-13-9-15(3)23-19(11-13)25-21-17-7-5-6-8-18(17)22(27-21)26-20-12-14(2)10-16(4)24-20/h5-12H,1-4H3,(H,23,24,25,26,27). The number of hydrogen-bond donors (Lipinski definition) is 1. The van der Waals surface area contributed by atoms with Crippen molar-refractivity contribution in [2.45, 2.75) is 27.7 Å². The maximum absolute atomic E-state index is 4.74. The van der Waals surface area contributed by atoms with Gasteiger partial charge in [-0.25, -0.2) is 20.0 Å². The van der Waals surface area contributed by atoms with Gasteiger partial charge in [0.2, 0.25) is 0 Å². The largest absolute Gasteiger partial charge is 0.324 e. The molecule has 4 rings (SSSR count). The van der Waals surface area contributed by atoms with Crippen molar-refractivity contribution in [3.05, 3.63) is 82.2 Å². The van der Waals surface area contributed by atoms with Gasteiger partial charge in [0.05, 0.1) is 0 Å². The van der Waals surface area contributed by atoms with Crippen LogP contribution >= 0.6 is 0 Å². The summed E-state index contributed by atoms with van der Waals surface area (Å²) in [6, 6.07) is 16.1. The number of pyridine rings is 2. The van der Waals surface area contributed by atoms with Gasteiger partial charge in [-0.05, 0) is 63.1 Å². The van der Waals surface area contributed by atoms with Gasteiger partial charge >= 0.3 is 0 Å². The van der Waals surface area contributed by atoms with Crippen molar-refractivity contribution in [3.8, 4) is 0 Å². The molecule has 0 saturated carbocycles. The van der Waals surface area contributed by atoms with Gasteiger partial charge in [-0.3, -0.25) is 0 Å². The third kappa shape index (κ3) is 3.62. The lowest BCUT2D eigenvalue weighted by atomic mass is 10.1.